The summed E-state index contributed by atoms with van der Waals surface area (Å²) < 4.78 is 0.567. The molecule has 0 bridgehead atoms. The second-order valence-corrected chi connectivity index (χ2v) is 3.31. The van der Waals surface area contributed by atoms with E-state index in [0.717, 1.165) is 0 Å². The van der Waals surface area contributed by atoms with Crippen LogP contribution >= 0.6 is 27.5 Å². The summed E-state index contributed by atoms with van der Waals surface area (Å²) in [5, 5.41) is 9.67. The quantitative estimate of drug-likeness (QED) is 0.760. The largest absolute Gasteiger partial charge is 0.389 e. The highest BCUT2D eigenvalue weighted by Gasteiger charge is 2.08. The third-order valence-electron chi connectivity index (χ3n) is 1.33. The molecule has 1 aromatic rings. The number of hydrogen-bond donors (Lipinski definition) is 1. The SMILES string of the molecule is CC(O)c1ccnc(Br)c1Cl. The number of rotatable bonds is 1. The van der Waals surface area contributed by atoms with E-state index in [4.69, 9.17) is 11.6 Å². The van der Waals surface area contributed by atoms with Crippen LogP contribution in [0.15, 0.2) is 16.9 Å². The highest BCUT2D eigenvalue weighted by molar-refractivity contribution is 9.10. The van der Waals surface area contributed by atoms with Crippen LogP contribution in [0.4, 0.5) is 0 Å². The molecule has 0 amide bonds. The van der Waals surface area contributed by atoms with Crippen LogP contribution in [-0.2, 0) is 0 Å². The molecule has 0 saturated heterocycles. The Morgan fingerprint density at radius 2 is 2.36 bits per heavy atom. The molecule has 1 unspecified atom stereocenters. The van der Waals surface area contributed by atoms with E-state index >= 15 is 0 Å². The normalized spacial score (nSPS) is 13.1. The summed E-state index contributed by atoms with van der Waals surface area (Å²) in [6.45, 7) is 1.66. The molecule has 0 radical (unpaired) electrons. The Morgan fingerprint density at radius 3 is 2.82 bits per heavy atom. The zero-order valence-electron chi connectivity index (χ0n) is 5.88. The smallest absolute Gasteiger partial charge is 0.125 e. The molecule has 0 aromatic carbocycles. The van der Waals surface area contributed by atoms with Crippen molar-refractivity contribution < 1.29 is 5.11 Å². The molecule has 60 valence electrons. The Bertz CT molecular complexity index is 265. The predicted octanol–water partition coefficient (Wildman–Crippen LogP) is 2.55. The fourth-order valence-electron chi connectivity index (χ4n) is 0.755. The van der Waals surface area contributed by atoms with Gasteiger partial charge in [0, 0.05) is 11.8 Å². The highest BCUT2D eigenvalue weighted by Crippen LogP contribution is 2.27. The molecular weight excluding hydrogens is 229 g/mol. The van der Waals surface area contributed by atoms with Crippen molar-refractivity contribution >= 4 is 27.5 Å². The first-order valence-electron chi connectivity index (χ1n) is 3.11. The van der Waals surface area contributed by atoms with Crippen molar-refractivity contribution in [3.05, 3.63) is 27.5 Å². The van der Waals surface area contributed by atoms with Gasteiger partial charge in [-0.1, -0.05) is 11.6 Å². The van der Waals surface area contributed by atoms with E-state index in [9.17, 15) is 5.11 Å². The van der Waals surface area contributed by atoms with Gasteiger partial charge in [0.1, 0.15) is 4.60 Å². The lowest BCUT2D eigenvalue weighted by Gasteiger charge is -2.06. The Kier molecular flexibility index (Phi) is 2.87. The van der Waals surface area contributed by atoms with Gasteiger partial charge in [-0.05, 0) is 28.9 Å². The van der Waals surface area contributed by atoms with Gasteiger partial charge in [-0.25, -0.2) is 4.98 Å². The topological polar surface area (TPSA) is 33.1 Å². The molecule has 4 heteroatoms. The number of aliphatic hydroxyl groups excluding tert-OH is 1. The molecule has 11 heavy (non-hydrogen) atoms. The van der Waals surface area contributed by atoms with Gasteiger partial charge in [0.2, 0.25) is 0 Å². The van der Waals surface area contributed by atoms with Crippen LogP contribution in [0.3, 0.4) is 0 Å². The Morgan fingerprint density at radius 1 is 1.73 bits per heavy atom. The number of hydrogen-bond acceptors (Lipinski definition) is 2. The Balaban J connectivity index is 3.17. The van der Waals surface area contributed by atoms with Gasteiger partial charge in [-0.3, -0.25) is 0 Å². The minimum absolute atomic E-state index is 0.475. The summed E-state index contributed by atoms with van der Waals surface area (Å²) in [4.78, 5) is 3.90. The molecule has 0 aliphatic carbocycles. The first kappa shape index (κ1) is 8.97. The first-order chi connectivity index (χ1) is 5.13. The van der Waals surface area contributed by atoms with E-state index in [2.05, 4.69) is 20.9 Å². The van der Waals surface area contributed by atoms with Crippen LogP contribution in [0, 0.1) is 0 Å². The van der Waals surface area contributed by atoms with Crippen molar-refractivity contribution in [2.45, 2.75) is 13.0 Å². The summed E-state index contributed by atoms with van der Waals surface area (Å²) in [6.07, 6.45) is 1.04. The lowest BCUT2D eigenvalue weighted by molar-refractivity contribution is 0.199. The van der Waals surface area contributed by atoms with Gasteiger partial charge < -0.3 is 5.11 Å². The van der Waals surface area contributed by atoms with Gasteiger partial charge in [-0.15, -0.1) is 0 Å². The third kappa shape index (κ3) is 1.92. The van der Waals surface area contributed by atoms with Crippen molar-refractivity contribution in [3.63, 3.8) is 0 Å². The molecular formula is C7H7BrClNO. The fraction of sp³-hybridized carbons (Fsp3) is 0.286. The molecule has 1 heterocycles. The van der Waals surface area contributed by atoms with Crippen molar-refractivity contribution in [2.24, 2.45) is 0 Å². The molecule has 1 N–H and O–H groups in total. The minimum Gasteiger partial charge on any atom is -0.389 e. The first-order valence-corrected chi connectivity index (χ1v) is 4.28. The molecule has 0 saturated carbocycles. The molecule has 0 aliphatic heterocycles. The maximum absolute atomic E-state index is 9.20. The van der Waals surface area contributed by atoms with E-state index < -0.39 is 6.10 Å². The van der Waals surface area contributed by atoms with Crippen LogP contribution in [-0.4, -0.2) is 10.1 Å². The summed E-state index contributed by atoms with van der Waals surface area (Å²) in [5.41, 5.74) is 0.688. The maximum Gasteiger partial charge on any atom is 0.125 e. The molecule has 1 rings (SSSR count). The highest BCUT2D eigenvalue weighted by atomic mass is 79.9. The minimum atomic E-state index is -0.554. The lowest BCUT2D eigenvalue weighted by atomic mass is 10.2. The van der Waals surface area contributed by atoms with E-state index in [0.29, 0.717) is 15.2 Å². The van der Waals surface area contributed by atoms with Crippen LogP contribution in [0.2, 0.25) is 5.02 Å². The van der Waals surface area contributed by atoms with Gasteiger partial charge in [0.25, 0.3) is 0 Å². The van der Waals surface area contributed by atoms with Crippen LogP contribution < -0.4 is 0 Å². The van der Waals surface area contributed by atoms with Crippen LogP contribution in [0.5, 0.6) is 0 Å². The number of halogens is 2. The molecule has 2 nitrogen and oxygen atoms in total. The average Bonchev–Trinajstić information content (AvgIpc) is 1.94. The van der Waals surface area contributed by atoms with Crippen molar-refractivity contribution in [1.82, 2.24) is 4.98 Å². The van der Waals surface area contributed by atoms with Crippen molar-refractivity contribution in [3.8, 4) is 0 Å². The molecule has 1 aromatic heterocycles. The van der Waals surface area contributed by atoms with Gasteiger partial charge in [0.05, 0.1) is 11.1 Å². The number of aromatic nitrogens is 1. The Hall–Kier alpha value is -0.120. The predicted molar refractivity (Wildman–Crippen MR) is 47.6 cm³/mol. The second-order valence-electron chi connectivity index (χ2n) is 2.18. The van der Waals surface area contributed by atoms with Gasteiger partial charge in [0.15, 0.2) is 0 Å². The number of aliphatic hydroxyl groups is 1. The van der Waals surface area contributed by atoms with Crippen LogP contribution in [0.25, 0.3) is 0 Å². The van der Waals surface area contributed by atoms with Crippen molar-refractivity contribution in [2.75, 3.05) is 0 Å². The van der Waals surface area contributed by atoms with Gasteiger partial charge >= 0.3 is 0 Å². The van der Waals surface area contributed by atoms with Gasteiger partial charge in [-0.2, -0.15) is 0 Å². The molecule has 0 aliphatic rings. The van der Waals surface area contributed by atoms with Crippen molar-refractivity contribution in [1.29, 1.82) is 0 Å². The standard InChI is InChI=1S/C7H7BrClNO/c1-4(11)5-2-3-10-7(8)6(5)9/h2-4,11H,1H3. The van der Waals surface area contributed by atoms with E-state index in [1.54, 1.807) is 19.2 Å². The summed E-state index contributed by atoms with van der Waals surface area (Å²) in [6, 6.07) is 1.69. The molecule has 0 spiro atoms. The third-order valence-corrected chi connectivity index (χ3v) is 2.55. The maximum atomic E-state index is 9.20. The Labute approximate surface area is 78.3 Å². The van der Waals surface area contributed by atoms with E-state index in [-0.39, 0.29) is 0 Å². The zero-order chi connectivity index (χ0) is 8.43. The molecule has 1 atom stereocenters. The zero-order valence-corrected chi connectivity index (χ0v) is 8.22. The van der Waals surface area contributed by atoms with Crippen LogP contribution in [0.1, 0.15) is 18.6 Å². The number of nitrogens with zero attached hydrogens (tertiary/aromatic N) is 1. The van der Waals surface area contributed by atoms with E-state index in [1.165, 1.54) is 0 Å². The monoisotopic (exact) mass is 235 g/mol. The van der Waals surface area contributed by atoms with E-state index in [1.807, 2.05) is 0 Å². The second kappa shape index (κ2) is 3.52. The average molecular weight is 236 g/mol. The fourth-order valence-corrected chi connectivity index (χ4v) is 1.37. The number of pyridine rings is 1. The summed E-state index contributed by atoms with van der Waals surface area (Å²) in [7, 11) is 0. The lowest BCUT2D eigenvalue weighted by Crippen LogP contribution is -1.93. The summed E-state index contributed by atoms with van der Waals surface area (Å²) >= 11 is 8.98. The molecule has 0 fully saturated rings. The summed E-state index contributed by atoms with van der Waals surface area (Å²) in [5.74, 6) is 0.